The van der Waals surface area contributed by atoms with Gasteiger partial charge in [-0.3, -0.25) is 4.79 Å². The van der Waals surface area contributed by atoms with Crippen LogP contribution >= 0.6 is 0 Å². The van der Waals surface area contributed by atoms with Crippen LogP contribution in [0.25, 0.3) is 0 Å². The van der Waals surface area contributed by atoms with Gasteiger partial charge in [-0.2, -0.15) is 0 Å². The molecule has 0 aromatic rings. The Labute approximate surface area is 93.0 Å². The molecular formula is C13H21NO. The largest absolute Gasteiger partial charge is 0.312 e. The first-order valence-electron chi connectivity index (χ1n) is 5.39. The van der Waals surface area contributed by atoms with Crippen molar-refractivity contribution in [2.45, 2.75) is 27.7 Å². The van der Waals surface area contributed by atoms with Crippen molar-refractivity contribution in [3.63, 3.8) is 0 Å². The summed E-state index contributed by atoms with van der Waals surface area (Å²) >= 11 is 0. The second-order valence-corrected chi connectivity index (χ2v) is 3.28. The first-order chi connectivity index (χ1) is 7.11. The molecule has 0 saturated carbocycles. The predicted octanol–water partition coefficient (Wildman–Crippen LogP) is 3.14. The smallest absolute Gasteiger partial charge is 0.223 e. The number of allylic oxidation sites excluding steroid dienone is 2. The van der Waals surface area contributed by atoms with E-state index in [9.17, 15) is 4.79 Å². The van der Waals surface area contributed by atoms with Gasteiger partial charge < -0.3 is 4.90 Å². The van der Waals surface area contributed by atoms with Crippen LogP contribution in [0.2, 0.25) is 0 Å². The van der Waals surface area contributed by atoms with Crippen LogP contribution in [0.5, 0.6) is 0 Å². The highest BCUT2D eigenvalue weighted by Crippen LogP contribution is 2.29. The Morgan fingerprint density at radius 3 is 2.27 bits per heavy atom. The van der Waals surface area contributed by atoms with Crippen LogP contribution in [-0.4, -0.2) is 17.4 Å². The average Bonchev–Trinajstić information content (AvgIpc) is 2.57. The SMILES string of the molecule is C=CC1=C(C=C)N(C(C)=O)CC1C.CC. The Bertz CT molecular complexity index is 289. The van der Waals surface area contributed by atoms with Crippen molar-refractivity contribution in [1.29, 1.82) is 0 Å². The van der Waals surface area contributed by atoms with Gasteiger partial charge in [-0.25, -0.2) is 0 Å². The summed E-state index contributed by atoms with van der Waals surface area (Å²) in [4.78, 5) is 13.0. The van der Waals surface area contributed by atoms with Crippen molar-refractivity contribution >= 4 is 5.91 Å². The molecule has 0 fully saturated rings. The third-order valence-electron chi connectivity index (χ3n) is 2.37. The Morgan fingerprint density at radius 2 is 1.93 bits per heavy atom. The van der Waals surface area contributed by atoms with E-state index in [1.54, 1.807) is 17.9 Å². The molecule has 0 aromatic carbocycles. The Hall–Kier alpha value is -1.31. The lowest BCUT2D eigenvalue weighted by molar-refractivity contribution is -0.126. The molecule has 1 unspecified atom stereocenters. The van der Waals surface area contributed by atoms with Gasteiger partial charge >= 0.3 is 0 Å². The molecule has 15 heavy (non-hydrogen) atoms. The van der Waals surface area contributed by atoms with Gasteiger partial charge in [0.1, 0.15) is 0 Å². The Morgan fingerprint density at radius 1 is 1.40 bits per heavy atom. The van der Waals surface area contributed by atoms with Crippen LogP contribution in [0.4, 0.5) is 0 Å². The number of hydrogen-bond acceptors (Lipinski definition) is 1. The zero-order valence-electron chi connectivity index (χ0n) is 10.2. The molecule has 1 heterocycles. The standard InChI is InChI=1S/C11H15NO.C2H6/c1-5-10-8(3)7-12(9(4)13)11(10)6-2;1-2/h5-6,8H,1-2,7H2,3-4H3;1-2H3. The molecule has 0 aliphatic carbocycles. The van der Waals surface area contributed by atoms with Gasteiger partial charge in [-0.1, -0.05) is 40.0 Å². The third-order valence-corrected chi connectivity index (χ3v) is 2.37. The van der Waals surface area contributed by atoms with Crippen molar-refractivity contribution in [2.75, 3.05) is 6.54 Å². The molecule has 1 atom stereocenters. The summed E-state index contributed by atoms with van der Waals surface area (Å²) in [5.74, 6) is 0.438. The van der Waals surface area contributed by atoms with Crippen LogP contribution < -0.4 is 0 Å². The first-order valence-corrected chi connectivity index (χ1v) is 5.39. The minimum atomic E-state index is 0.0681. The average molecular weight is 207 g/mol. The van der Waals surface area contributed by atoms with Crippen molar-refractivity contribution in [3.8, 4) is 0 Å². The van der Waals surface area contributed by atoms with E-state index in [1.807, 2.05) is 19.9 Å². The molecule has 84 valence electrons. The molecule has 2 nitrogen and oxygen atoms in total. The van der Waals surface area contributed by atoms with Gasteiger partial charge in [-0.15, -0.1) is 0 Å². The van der Waals surface area contributed by atoms with Gasteiger partial charge in [0.25, 0.3) is 0 Å². The molecule has 0 N–H and O–H groups in total. The second-order valence-electron chi connectivity index (χ2n) is 3.28. The number of hydrogen-bond donors (Lipinski definition) is 0. The summed E-state index contributed by atoms with van der Waals surface area (Å²) in [6.45, 7) is 15.9. The Kier molecular flexibility index (Phi) is 5.68. The van der Waals surface area contributed by atoms with E-state index in [4.69, 9.17) is 0 Å². The monoisotopic (exact) mass is 207 g/mol. The summed E-state index contributed by atoms with van der Waals surface area (Å²) in [6, 6.07) is 0. The number of amides is 1. The maximum Gasteiger partial charge on any atom is 0.223 e. The van der Waals surface area contributed by atoms with Crippen LogP contribution in [0.1, 0.15) is 27.7 Å². The van der Waals surface area contributed by atoms with E-state index in [2.05, 4.69) is 20.1 Å². The highest BCUT2D eigenvalue weighted by atomic mass is 16.2. The molecule has 0 saturated heterocycles. The number of rotatable bonds is 2. The third kappa shape index (κ3) is 2.82. The van der Waals surface area contributed by atoms with Crippen molar-refractivity contribution in [1.82, 2.24) is 4.90 Å². The predicted molar refractivity (Wildman–Crippen MR) is 65.3 cm³/mol. The van der Waals surface area contributed by atoms with Crippen LogP contribution in [-0.2, 0) is 4.79 Å². The molecular weight excluding hydrogens is 186 g/mol. The fourth-order valence-electron chi connectivity index (χ4n) is 1.71. The molecule has 1 rings (SSSR count). The lowest BCUT2D eigenvalue weighted by Crippen LogP contribution is -2.25. The maximum atomic E-state index is 11.2. The van der Waals surface area contributed by atoms with Gasteiger partial charge in [0.05, 0.1) is 0 Å². The summed E-state index contributed by atoms with van der Waals surface area (Å²) in [6.07, 6.45) is 3.53. The highest BCUT2D eigenvalue weighted by molar-refractivity contribution is 5.77. The summed E-state index contributed by atoms with van der Waals surface area (Å²) in [5.41, 5.74) is 2.03. The zero-order chi connectivity index (χ0) is 12.0. The van der Waals surface area contributed by atoms with Crippen molar-refractivity contribution < 1.29 is 4.79 Å². The topological polar surface area (TPSA) is 20.3 Å². The van der Waals surface area contributed by atoms with E-state index in [0.717, 1.165) is 17.8 Å². The van der Waals surface area contributed by atoms with Crippen molar-refractivity contribution in [3.05, 3.63) is 36.6 Å². The molecule has 1 aliphatic rings. The molecule has 0 aromatic heterocycles. The quantitative estimate of drug-likeness (QED) is 0.681. The van der Waals surface area contributed by atoms with Crippen LogP contribution in [0, 0.1) is 5.92 Å². The lowest BCUT2D eigenvalue weighted by atomic mass is 10.0. The minimum absolute atomic E-state index is 0.0681. The van der Waals surface area contributed by atoms with Gasteiger partial charge in [0.2, 0.25) is 5.91 Å². The fraction of sp³-hybridized carbons (Fsp3) is 0.462. The molecule has 0 bridgehead atoms. The number of nitrogens with zero attached hydrogens (tertiary/aromatic N) is 1. The molecule has 2 heteroatoms. The fourth-order valence-corrected chi connectivity index (χ4v) is 1.71. The molecule has 0 spiro atoms. The maximum absolute atomic E-state index is 11.2. The second kappa shape index (κ2) is 6.23. The first kappa shape index (κ1) is 13.7. The summed E-state index contributed by atoms with van der Waals surface area (Å²) < 4.78 is 0. The normalized spacial score (nSPS) is 19.5. The minimum Gasteiger partial charge on any atom is -0.312 e. The van der Waals surface area contributed by atoms with Crippen LogP contribution in [0.3, 0.4) is 0 Å². The van der Waals surface area contributed by atoms with E-state index < -0.39 is 0 Å². The molecule has 0 radical (unpaired) electrons. The lowest BCUT2D eigenvalue weighted by Gasteiger charge is -2.15. The van der Waals surface area contributed by atoms with Crippen molar-refractivity contribution in [2.24, 2.45) is 5.92 Å². The van der Waals surface area contributed by atoms with E-state index in [0.29, 0.717) is 5.92 Å². The number of carbonyl (C=O) groups is 1. The zero-order valence-corrected chi connectivity index (χ0v) is 10.2. The van der Waals surface area contributed by atoms with Gasteiger partial charge in [0.15, 0.2) is 0 Å². The molecule has 1 amide bonds. The highest BCUT2D eigenvalue weighted by Gasteiger charge is 2.27. The van der Waals surface area contributed by atoms with E-state index in [-0.39, 0.29) is 5.91 Å². The van der Waals surface area contributed by atoms with E-state index >= 15 is 0 Å². The van der Waals surface area contributed by atoms with Gasteiger partial charge in [-0.05, 0) is 11.6 Å². The van der Waals surface area contributed by atoms with Gasteiger partial charge in [0, 0.05) is 25.1 Å². The molecule has 1 aliphatic heterocycles. The van der Waals surface area contributed by atoms with E-state index in [1.165, 1.54) is 0 Å². The summed E-state index contributed by atoms with van der Waals surface area (Å²) in [5, 5.41) is 0. The van der Waals surface area contributed by atoms with Crippen LogP contribution in [0.15, 0.2) is 36.6 Å². The number of carbonyl (C=O) groups excluding carboxylic acids is 1. The Balaban J connectivity index is 0.000000921. The summed E-state index contributed by atoms with van der Waals surface area (Å²) in [7, 11) is 0.